The topological polar surface area (TPSA) is 42.9 Å². The van der Waals surface area contributed by atoms with Crippen LogP contribution in [0.25, 0.3) is 20.9 Å². The molecule has 2 aromatic carbocycles. The highest BCUT2D eigenvalue weighted by Crippen LogP contribution is 2.45. The van der Waals surface area contributed by atoms with E-state index in [0.29, 0.717) is 22.4 Å². The zero-order valence-electron chi connectivity index (χ0n) is 16.5. The molecule has 150 valence electrons. The lowest BCUT2D eigenvalue weighted by Crippen LogP contribution is -2.31. The number of nitrogens with zero attached hydrogens (tertiary/aromatic N) is 2. The Morgan fingerprint density at radius 1 is 0.933 bits per heavy atom. The highest BCUT2D eigenvalue weighted by Gasteiger charge is 2.37. The number of halogens is 1. The molecule has 0 aliphatic heterocycles. The molecule has 0 saturated heterocycles. The van der Waals surface area contributed by atoms with Crippen LogP contribution < -0.4 is 0 Å². The van der Waals surface area contributed by atoms with Crippen molar-refractivity contribution in [2.24, 2.45) is 0 Å². The van der Waals surface area contributed by atoms with Gasteiger partial charge in [0.15, 0.2) is 0 Å². The van der Waals surface area contributed by atoms with Gasteiger partial charge in [-0.2, -0.15) is 0 Å². The van der Waals surface area contributed by atoms with Crippen molar-refractivity contribution in [1.82, 2.24) is 9.97 Å². The molecule has 0 radical (unpaired) electrons. The van der Waals surface area contributed by atoms with Crippen LogP contribution in [0.4, 0.5) is 4.39 Å². The molecule has 1 aliphatic rings. The van der Waals surface area contributed by atoms with Gasteiger partial charge in [-0.3, -0.25) is 4.79 Å². The van der Waals surface area contributed by atoms with Crippen molar-refractivity contribution < 1.29 is 9.18 Å². The summed E-state index contributed by atoms with van der Waals surface area (Å²) < 4.78 is 14.5. The fourth-order valence-corrected chi connectivity index (χ4v) is 5.55. The molecule has 1 aliphatic carbocycles. The van der Waals surface area contributed by atoms with E-state index in [1.807, 2.05) is 6.07 Å². The predicted octanol–water partition coefficient (Wildman–Crippen LogP) is 6.56. The lowest BCUT2D eigenvalue weighted by Gasteiger charge is -2.37. The van der Waals surface area contributed by atoms with E-state index in [-0.39, 0.29) is 5.41 Å². The van der Waals surface area contributed by atoms with Crippen LogP contribution in [0.3, 0.4) is 0 Å². The largest absolute Gasteiger partial charge is 0.298 e. The molecule has 0 N–H and O–H groups in total. The minimum atomic E-state index is -0.438. The van der Waals surface area contributed by atoms with Crippen LogP contribution in [0.2, 0.25) is 0 Å². The SMILES string of the molecule is O=Cc1ccc(-c2nc3ccc(C4(c5ccccc5)CCCCC4)nc3s2)c(F)c1. The number of thiazole rings is 1. The highest BCUT2D eigenvalue weighted by molar-refractivity contribution is 7.21. The second-order valence-corrected chi connectivity index (χ2v) is 8.88. The van der Waals surface area contributed by atoms with Gasteiger partial charge in [-0.15, -0.1) is 0 Å². The third kappa shape index (κ3) is 3.23. The minimum absolute atomic E-state index is 0.0747. The van der Waals surface area contributed by atoms with Gasteiger partial charge < -0.3 is 0 Å². The van der Waals surface area contributed by atoms with Crippen LogP contribution in [0.1, 0.15) is 53.7 Å². The molecule has 1 fully saturated rings. The predicted molar refractivity (Wildman–Crippen MR) is 119 cm³/mol. The maximum absolute atomic E-state index is 14.5. The summed E-state index contributed by atoms with van der Waals surface area (Å²) in [6.07, 6.45) is 6.46. The van der Waals surface area contributed by atoms with Gasteiger partial charge in [0.25, 0.3) is 0 Å². The molecule has 0 atom stereocenters. The Labute approximate surface area is 178 Å². The highest BCUT2D eigenvalue weighted by atomic mass is 32.1. The number of carbonyl (C=O) groups is 1. The van der Waals surface area contributed by atoms with E-state index in [9.17, 15) is 9.18 Å². The van der Waals surface area contributed by atoms with E-state index in [4.69, 9.17) is 4.98 Å². The van der Waals surface area contributed by atoms with Gasteiger partial charge in [-0.05, 0) is 42.7 Å². The Balaban J connectivity index is 1.60. The van der Waals surface area contributed by atoms with Crippen LogP contribution in [0.15, 0.2) is 60.7 Å². The molecule has 1 saturated carbocycles. The van der Waals surface area contributed by atoms with Crippen molar-refractivity contribution in [1.29, 1.82) is 0 Å². The third-order valence-corrected chi connectivity index (χ3v) is 7.14. The maximum atomic E-state index is 14.5. The lowest BCUT2D eigenvalue weighted by molar-refractivity contribution is 0.112. The Morgan fingerprint density at radius 3 is 2.47 bits per heavy atom. The van der Waals surface area contributed by atoms with E-state index < -0.39 is 5.82 Å². The van der Waals surface area contributed by atoms with Crippen molar-refractivity contribution >= 4 is 28.0 Å². The van der Waals surface area contributed by atoms with Gasteiger partial charge in [0.2, 0.25) is 0 Å². The van der Waals surface area contributed by atoms with Crippen molar-refractivity contribution in [3.05, 3.63) is 83.3 Å². The Hall–Kier alpha value is -2.92. The number of hydrogen-bond acceptors (Lipinski definition) is 4. The summed E-state index contributed by atoms with van der Waals surface area (Å²) in [6.45, 7) is 0. The van der Waals surface area contributed by atoms with E-state index in [1.165, 1.54) is 42.2 Å². The minimum Gasteiger partial charge on any atom is -0.298 e. The second kappa shape index (κ2) is 7.73. The molecule has 3 nitrogen and oxygen atoms in total. The fourth-order valence-electron chi connectivity index (χ4n) is 4.58. The van der Waals surface area contributed by atoms with Crippen molar-refractivity contribution in [3.63, 3.8) is 0 Å². The first-order valence-electron chi connectivity index (χ1n) is 10.3. The summed E-state index contributed by atoms with van der Waals surface area (Å²) in [5, 5.41) is 0.585. The number of fused-ring (bicyclic) bond motifs is 1. The molecular formula is C25H21FN2OS. The number of aldehydes is 1. The van der Waals surface area contributed by atoms with Gasteiger partial charge in [0.1, 0.15) is 27.5 Å². The summed E-state index contributed by atoms with van der Waals surface area (Å²) in [7, 11) is 0. The van der Waals surface area contributed by atoms with E-state index in [0.717, 1.165) is 28.9 Å². The first-order chi connectivity index (χ1) is 14.7. The molecule has 0 bridgehead atoms. The zero-order chi connectivity index (χ0) is 20.6. The van der Waals surface area contributed by atoms with Crippen LogP contribution in [0.5, 0.6) is 0 Å². The monoisotopic (exact) mass is 416 g/mol. The average Bonchev–Trinajstić information content (AvgIpc) is 3.23. The lowest BCUT2D eigenvalue weighted by atomic mass is 9.67. The second-order valence-electron chi connectivity index (χ2n) is 7.91. The van der Waals surface area contributed by atoms with Crippen LogP contribution in [0, 0.1) is 5.82 Å². The first-order valence-corrected chi connectivity index (χ1v) is 11.1. The molecule has 30 heavy (non-hydrogen) atoms. The van der Waals surface area contributed by atoms with E-state index >= 15 is 0 Å². The normalized spacial score (nSPS) is 15.9. The molecule has 2 aromatic heterocycles. The number of hydrogen-bond donors (Lipinski definition) is 0. The summed E-state index contributed by atoms with van der Waals surface area (Å²) in [5.74, 6) is -0.438. The number of carbonyl (C=O) groups excluding carboxylic acids is 1. The van der Waals surface area contributed by atoms with Crippen molar-refractivity contribution in [3.8, 4) is 10.6 Å². The fraction of sp³-hybridized carbons (Fsp3) is 0.240. The van der Waals surface area contributed by atoms with Crippen molar-refractivity contribution in [2.45, 2.75) is 37.5 Å². The van der Waals surface area contributed by atoms with Gasteiger partial charge in [0.05, 0.1) is 5.69 Å². The molecule has 4 aromatic rings. The number of pyridine rings is 1. The van der Waals surface area contributed by atoms with Crippen molar-refractivity contribution in [2.75, 3.05) is 0 Å². The van der Waals surface area contributed by atoms with Crippen LogP contribution in [-0.2, 0) is 5.41 Å². The van der Waals surface area contributed by atoms with E-state index in [2.05, 4.69) is 41.4 Å². The summed E-state index contributed by atoms with van der Waals surface area (Å²) in [4.78, 5) is 21.4. The molecular weight excluding hydrogens is 395 g/mol. The molecule has 5 heteroatoms. The van der Waals surface area contributed by atoms with Crippen LogP contribution in [-0.4, -0.2) is 16.3 Å². The standard InChI is InChI=1S/C25H21FN2OS/c26-20-15-17(16-29)9-10-19(20)23-27-21-11-12-22(28-24(21)30-23)25(13-5-2-6-14-25)18-7-3-1-4-8-18/h1,3-4,7-12,15-16H,2,5-6,13-14H2. The average molecular weight is 417 g/mol. The smallest absolute Gasteiger partial charge is 0.150 e. The van der Waals surface area contributed by atoms with Gasteiger partial charge >= 0.3 is 0 Å². The van der Waals surface area contributed by atoms with Gasteiger partial charge in [-0.25, -0.2) is 14.4 Å². The molecule has 2 heterocycles. The summed E-state index contributed by atoms with van der Waals surface area (Å²) in [6, 6.07) is 19.2. The van der Waals surface area contributed by atoms with Gasteiger partial charge in [-0.1, -0.05) is 67.0 Å². The Kier molecular flexibility index (Phi) is 4.91. The third-order valence-electron chi connectivity index (χ3n) is 6.14. The Morgan fingerprint density at radius 2 is 1.73 bits per heavy atom. The van der Waals surface area contributed by atoms with Crippen LogP contribution >= 0.6 is 11.3 Å². The maximum Gasteiger partial charge on any atom is 0.150 e. The molecule has 0 spiro atoms. The zero-order valence-corrected chi connectivity index (χ0v) is 17.3. The number of aromatic nitrogens is 2. The molecule has 0 amide bonds. The van der Waals surface area contributed by atoms with Gasteiger partial charge in [0, 0.05) is 16.5 Å². The molecule has 5 rings (SSSR count). The first kappa shape index (κ1) is 19.1. The quantitative estimate of drug-likeness (QED) is 0.354. The number of benzene rings is 2. The Bertz CT molecular complexity index is 1210. The van der Waals surface area contributed by atoms with E-state index in [1.54, 1.807) is 12.1 Å². The number of rotatable bonds is 4. The summed E-state index contributed by atoms with van der Waals surface area (Å²) in [5.41, 5.74) is 3.82. The summed E-state index contributed by atoms with van der Waals surface area (Å²) >= 11 is 1.40. The molecule has 0 unspecified atom stereocenters.